The summed E-state index contributed by atoms with van der Waals surface area (Å²) in [6.45, 7) is 14.3. The minimum Gasteiger partial charge on any atom is -0.334 e. The Morgan fingerprint density at radius 1 is 1.07 bits per heavy atom. The van der Waals surface area contributed by atoms with E-state index in [0.717, 1.165) is 41.4 Å². The molecular formula is C23H30N3OS+. The van der Waals surface area contributed by atoms with Gasteiger partial charge in [0.25, 0.3) is 5.91 Å². The number of fused-ring (bicyclic) bond motifs is 1. The van der Waals surface area contributed by atoms with Gasteiger partial charge < -0.3 is 4.90 Å². The highest BCUT2D eigenvalue weighted by molar-refractivity contribution is 7.22. The van der Waals surface area contributed by atoms with E-state index in [9.17, 15) is 4.79 Å². The third-order valence-corrected chi connectivity index (χ3v) is 6.58. The molecular weight excluding hydrogens is 366 g/mol. The fourth-order valence-electron chi connectivity index (χ4n) is 3.60. The standard InChI is InChI=1S/C23H29N3OS/c1-6-25(7-2)12-13-26(22(27)19-11-9-8-10-17(19)4)23-24-20-15-16(3)14-18(5)21(20)28-23/h8-11,14-15H,6-7,12-13H2,1-5H3/p+1. The smallest absolute Gasteiger partial charge is 0.260 e. The second-order valence-corrected chi connectivity index (χ2v) is 8.38. The third-order valence-electron chi connectivity index (χ3n) is 5.35. The first-order valence-corrected chi connectivity index (χ1v) is 10.8. The number of likely N-dealkylation sites (N-methyl/N-ethyl adjacent to an activating group) is 1. The first-order valence-electron chi connectivity index (χ1n) is 10.0. The first-order chi connectivity index (χ1) is 13.4. The van der Waals surface area contributed by atoms with Gasteiger partial charge in [0.15, 0.2) is 5.13 Å². The minimum absolute atomic E-state index is 0.0399. The lowest BCUT2D eigenvalue weighted by Gasteiger charge is -2.23. The van der Waals surface area contributed by atoms with Crippen LogP contribution in [0.25, 0.3) is 10.2 Å². The second-order valence-electron chi connectivity index (χ2n) is 7.41. The highest BCUT2D eigenvalue weighted by atomic mass is 32.1. The number of carbonyl (C=O) groups is 1. The molecule has 0 unspecified atom stereocenters. The fraction of sp³-hybridized carbons (Fsp3) is 0.391. The van der Waals surface area contributed by atoms with Crippen LogP contribution in [0.5, 0.6) is 0 Å². The number of aryl methyl sites for hydroxylation is 3. The van der Waals surface area contributed by atoms with Crippen molar-refractivity contribution in [1.82, 2.24) is 4.98 Å². The van der Waals surface area contributed by atoms with Gasteiger partial charge in [-0.3, -0.25) is 9.69 Å². The molecule has 5 heteroatoms. The molecule has 1 N–H and O–H groups in total. The predicted molar refractivity (Wildman–Crippen MR) is 119 cm³/mol. The maximum absolute atomic E-state index is 13.5. The van der Waals surface area contributed by atoms with Crippen LogP contribution in [-0.2, 0) is 0 Å². The normalized spacial score (nSPS) is 11.4. The SMILES string of the molecule is CC[NH+](CC)CCN(C(=O)c1ccccc1C)c1nc2cc(C)cc(C)c2s1. The van der Waals surface area contributed by atoms with E-state index in [2.05, 4.69) is 39.8 Å². The molecule has 148 valence electrons. The number of anilines is 1. The number of carbonyl (C=O) groups excluding carboxylic acids is 1. The summed E-state index contributed by atoms with van der Waals surface area (Å²) < 4.78 is 1.17. The Hall–Kier alpha value is -2.24. The van der Waals surface area contributed by atoms with E-state index in [1.165, 1.54) is 20.7 Å². The number of quaternary nitrogens is 1. The Labute approximate surface area is 171 Å². The van der Waals surface area contributed by atoms with Gasteiger partial charge in [0.05, 0.1) is 36.4 Å². The van der Waals surface area contributed by atoms with E-state index in [1.807, 2.05) is 36.1 Å². The van der Waals surface area contributed by atoms with E-state index >= 15 is 0 Å². The lowest BCUT2D eigenvalue weighted by molar-refractivity contribution is -0.894. The van der Waals surface area contributed by atoms with Gasteiger partial charge in [0, 0.05) is 5.56 Å². The minimum atomic E-state index is 0.0399. The van der Waals surface area contributed by atoms with Crippen molar-refractivity contribution in [3.05, 3.63) is 58.7 Å². The molecule has 0 radical (unpaired) electrons. The highest BCUT2D eigenvalue weighted by Gasteiger charge is 2.24. The Morgan fingerprint density at radius 3 is 2.46 bits per heavy atom. The van der Waals surface area contributed by atoms with Gasteiger partial charge >= 0.3 is 0 Å². The molecule has 0 aliphatic carbocycles. The molecule has 0 spiro atoms. The number of aromatic nitrogens is 1. The van der Waals surface area contributed by atoms with Gasteiger partial charge in [0.1, 0.15) is 0 Å². The predicted octanol–water partition coefficient (Wildman–Crippen LogP) is 3.79. The number of rotatable bonds is 7. The molecule has 4 nitrogen and oxygen atoms in total. The van der Waals surface area contributed by atoms with Crippen LogP contribution in [0, 0.1) is 20.8 Å². The van der Waals surface area contributed by atoms with Crippen molar-refractivity contribution < 1.29 is 9.69 Å². The van der Waals surface area contributed by atoms with E-state index in [1.54, 1.807) is 11.3 Å². The van der Waals surface area contributed by atoms with Crippen molar-refractivity contribution in [3.8, 4) is 0 Å². The van der Waals surface area contributed by atoms with Gasteiger partial charge in [-0.25, -0.2) is 4.98 Å². The summed E-state index contributed by atoms with van der Waals surface area (Å²) in [7, 11) is 0. The van der Waals surface area contributed by atoms with Crippen LogP contribution in [0.15, 0.2) is 36.4 Å². The summed E-state index contributed by atoms with van der Waals surface area (Å²) in [4.78, 5) is 21.7. The maximum atomic E-state index is 13.5. The number of thiazole rings is 1. The van der Waals surface area contributed by atoms with E-state index < -0.39 is 0 Å². The zero-order valence-corrected chi connectivity index (χ0v) is 18.3. The van der Waals surface area contributed by atoms with Crippen molar-refractivity contribution in [3.63, 3.8) is 0 Å². The van der Waals surface area contributed by atoms with Gasteiger partial charge in [0.2, 0.25) is 0 Å². The molecule has 1 amide bonds. The zero-order chi connectivity index (χ0) is 20.3. The molecule has 0 aliphatic heterocycles. The monoisotopic (exact) mass is 396 g/mol. The van der Waals surface area contributed by atoms with Crippen LogP contribution >= 0.6 is 11.3 Å². The quantitative estimate of drug-likeness (QED) is 0.660. The molecule has 28 heavy (non-hydrogen) atoms. The van der Waals surface area contributed by atoms with Crippen LogP contribution in [0.1, 0.15) is 40.9 Å². The molecule has 3 aromatic rings. The molecule has 0 bridgehead atoms. The average Bonchev–Trinajstić information content (AvgIpc) is 3.09. The van der Waals surface area contributed by atoms with Crippen molar-refractivity contribution >= 4 is 32.6 Å². The second kappa shape index (κ2) is 8.84. The molecule has 3 rings (SSSR count). The zero-order valence-electron chi connectivity index (χ0n) is 17.5. The van der Waals surface area contributed by atoms with Crippen molar-refractivity contribution in [2.75, 3.05) is 31.1 Å². The number of amides is 1. The van der Waals surface area contributed by atoms with Crippen molar-refractivity contribution in [1.29, 1.82) is 0 Å². The molecule has 0 aliphatic rings. The Morgan fingerprint density at radius 2 is 1.79 bits per heavy atom. The molecule has 0 saturated heterocycles. The van der Waals surface area contributed by atoms with Crippen LogP contribution in [0.4, 0.5) is 5.13 Å². The Kier molecular flexibility index (Phi) is 6.47. The number of hydrogen-bond acceptors (Lipinski definition) is 3. The topological polar surface area (TPSA) is 37.6 Å². The van der Waals surface area contributed by atoms with E-state index in [0.29, 0.717) is 6.54 Å². The summed E-state index contributed by atoms with van der Waals surface area (Å²) in [6, 6.07) is 12.1. The number of nitrogens with one attached hydrogen (secondary N) is 1. The highest BCUT2D eigenvalue weighted by Crippen LogP contribution is 2.32. The maximum Gasteiger partial charge on any atom is 0.260 e. The fourth-order valence-corrected chi connectivity index (χ4v) is 4.64. The average molecular weight is 397 g/mol. The Balaban J connectivity index is 2.02. The first kappa shape index (κ1) is 20.5. The number of nitrogens with zero attached hydrogens (tertiary/aromatic N) is 2. The summed E-state index contributed by atoms with van der Waals surface area (Å²) >= 11 is 1.62. The summed E-state index contributed by atoms with van der Waals surface area (Å²) in [5.74, 6) is 0.0399. The van der Waals surface area contributed by atoms with E-state index in [4.69, 9.17) is 4.98 Å². The van der Waals surface area contributed by atoms with Crippen LogP contribution in [-0.4, -0.2) is 37.1 Å². The van der Waals surface area contributed by atoms with Gasteiger partial charge in [-0.15, -0.1) is 0 Å². The van der Waals surface area contributed by atoms with Crippen LogP contribution < -0.4 is 9.80 Å². The molecule has 1 aromatic heterocycles. The van der Waals surface area contributed by atoms with Crippen molar-refractivity contribution in [2.45, 2.75) is 34.6 Å². The molecule has 0 saturated carbocycles. The summed E-state index contributed by atoms with van der Waals surface area (Å²) in [5.41, 5.74) is 5.16. The molecule has 0 fully saturated rings. The number of hydrogen-bond donors (Lipinski definition) is 1. The third kappa shape index (κ3) is 4.26. The largest absolute Gasteiger partial charge is 0.334 e. The van der Waals surface area contributed by atoms with Gasteiger partial charge in [-0.1, -0.05) is 35.6 Å². The molecule has 1 heterocycles. The lowest BCUT2D eigenvalue weighted by atomic mass is 10.1. The summed E-state index contributed by atoms with van der Waals surface area (Å²) in [5, 5.41) is 0.795. The van der Waals surface area contributed by atoms with Gasteiger partial charge in [-0.2, -0.15) is 0 Å². The molecule has 2 aromatic carbocycles. The Bertz CT molecular complexity index is 975. The van der Waals surface area contributed by atoms with Crippen LogP contribution in [0.2, 0.25) is 0 Å². The van der Waals surface area contributed by atoms with Gasteiger partial charge in [-0.05, 0) is 63.4 Å². The van der Waals surface area contributed by atoms with Crippen LogP contribution in [0.3, 0.4) is 0 Å². The van der Waals surface area contributed by atoms with Crippen molar-refractivity contribution in [2.24, 2.45) is 0 Å². The molecule has 0 atom stereocenters. The lowest BCUT2D eigenvalue weighted by Crippen LogP contribution is -3.12. The summed E-state index contributed by atoms with van der Waals surface area (Å²) in [6.07, 6.45) is 0. The van der Waals surface area contributed by atoms with E-state index in [-0.39, 0.29) is 5.91 Å². The number of benzene rings is 2.